The van der Waals surface area contributed by atoms with Crippen molar-refractivity contribution in [3.63, 3.8) is 0 Å². The van der Waals surface area contributed by atoms with Crippen LogP contribution in [-0.2, 0) is 14.3 Å². The van der Waals surface area contributed by atoms with Gasteiger partial charge in [0.2, 0.25) is 0 Å². The second kappa shape index (κ2) is 8.96. The fraction of sp³-hybridized carbons (Fsp3) is 0.125. The van der Waals surface area contributed by atoms with Crippen LogP contribution in [0, 0.1) is 0 Å². The number of thioether (sulfide) groups is 1. The smallest absolute Gasteiger partial charge is 0.316 e. The van der Waals surface area contributed by atoms with Gasteiger partial charge in [-0.05, 0) is 40.2 Å². The van der Waals surface area contributed by atoms with Crippen LogP contribution in [0.4, 0.5) is 5.69 Å². The van der Waals surface area contributed by atoms with Crippen LogP contribution in [0.15, 0.2) is 57.9 Å². The Hall–Kier alpha value is -1.50. The highest BCUT2D eigenvalue weighted by atomic mass is 79.9. The summed E-state index contributed by atoms with van der Waals surface area (Å²) in [5.41, 5.74) is 0.624. The van der Waals surface area contributed by atoms with Crippen LogP contribution >= 0.6 is 39.3 Å². The van der Waals surface area contributed by atoms with E-state index in [9.17, 15) is 9.59 Å². The summed E-state index contributed by atoms with van der Waals surface area (Å²) in [6.45, 7) is -0.330. The van der Waals surface area contributed by atoms with Crippen molar-refractivity contribution in [2.24, 2.45) is 0 Å². The molecule has 2 aromatic rings. The van der Waals surface area contributed by atoms with E-state index in [0.717, 1.165) is 9.37 Å². The molecular weight excluding hydrogens is 402 g/mol. The zero-order valence-corrected chi connectivity index (χ0v) is 15.1. The summed E-state index contributed by atoms with van der Waals surface area (Å²) < 4.78 is 5.71. The maximum Gasteiger partial charge on any atom is 0.316 e. The molecule has 120 valence electrons. The molecule has 4 nitrogen and oxygen atoms in total. The average molecular weight is 415 g/mol. The van der Waals surface area contributed by atoms with Gasteiger partial charge in [0.15, 0.2) is 6.61 Å². The van der Waals surface area contributed by atoms with E-state index in [1.807, 2.05) is 30.3 Å². The van der Waals surface area contributed by atoms with E-state index in [1.54, 1.807) is 18.2 Å². The van der Waals surface area contributed by atoms with Crippen molar-refractivity contribution in [1.82, 2.24) is 0 Å². The predicted molar refractivity (Wildman–Crippen MR) is 95.9 cm³/mol. The summed E-state index contributed by atoms with van der Waals surface area (Å²) in [7, 11) is 0. The molecule has 0 radical (unpaired) electrons. The first-order valence-electron chi connectivity index (χ1n) is 6.63. The van der Waals surface area contributed by atoms with E-state index < -0.39 is 11.9 Å². The quantitative estimate of drug-likeness (QED) is 0.563. The molecule has 7 heteroatoms. The standard InChI is InChI=1S/C16H13BrClNO3S/c17-11-5-1-3-7-13(11)19-15(20)9-22-16(21)10-23-14-8-4-2-6-12(14)18/h1-8H,9-10H2,(H,19,20). The summed E-state index contributed by atoms with van der Waals surface area (Å²) >= 11 is 10.6. The number of rotatable bonds is 6. The summed E-state index contributed by atoms with van der Waals surface area (Å²) in [5.74, 6) is -0.781. The fourth-order valence-electron chi connectivity index (χ4n) is 1.64. The molecule has 0 unspecified atom stereocenters. The van der Waals surface area contributed by atoms with Crippen LogP contribution in [0.5, 0.6) is 0 Å². The van der Waals surface area contributed by atoms with Crippen molar-refractivity contribution < 1.29 is 14.3 Å². The van der Waals surface area contributed by atoms with Crippen LogP contribution in [-0.4, -0.2) is 24.2 Å². The van der Waals surface area contributed by atoms with Gasteiger partial charge in [-0.15, -0.1) is 11.8 Å². The monoisotopic (exact) mass is 413 g/mol. The Labute approximate surface area is 151 Å². The fourth-order valence-corrected chi connectivity index (χ4v) is 3.06. The molecule has 2 aromatic carbocycles. The molecule has 0 aliphatic rings. The zero-order valence-electron chi connectivity index (χ0n) is 11.9. The minimum atomic E-state index is -0.475. The number of carbonyl (C=O) groups is 2. The van der Waals surface area contributed by atoms with E-state index in [1.165, 1.54) is 11.8 Å². The zero-order chi connectivity index (χ0) is 16.7. The van der Waals surface area contributed by atoms with Gasteiger partial charge in [-0.1, -0.05) is 35.9 Å². The lowest BCUT2D eigenvalue weighted by Gasteiger charge is -2.08. The number of benzene rings is 2. The molecule has 1 amide bonds. The second-order valence-electron chi connectivity index (χ2n) is 4.41. The van der Waals surface area contributed by atoms with E-state index >= 15 is 0 Å². The highest BCUT2D eigenvalue weighted by Crippen LogP contribution is 2.26. The Balaban J connectivity index is 1.75. The minimum Gasteiger partial charge on any atom is -0.455 e. The van der Waals surface area contributed by atoms with E-state index in [-0.39, 0.29) is 12.4 Å². The third kappa shape index (κ3) is 5.89. The number of hydrogen-bond acceptors (Lipinski definition) is 4. The van der Waals surface area contributed by atoms with Gasteiger partial charge in [-0.3, -0.25) is 9.59 Å². The molecule has 1 N–H and O–H groups in total. The molecule has 0 saturated carbocycles. The highest BCUT2D eigenvalue weighted by Gasteiger charge is 2.10. The third-order valence-corrected chi connectivity index (χ3v) is 4.87. The van der Waals surface area contributed by atoms with E-state index in [4.69, 9.17) is 16.3 Å². The Kier molecular flexibility index (Phi) is 6.95. The van der Waals surface area contributed by atoms with Crippen molar-refractivity contribution in [2.45, 2.75) is 4.90 Å². The number of para-hydroxylation sites is 1. The van der Waals surface area contributed by atoms with Crippen molar-refractivity contribution >= 4 is 56.9 Å². The average Bonchev–Trinajstić information content (AvgIpc) is 2.54. The van der Waals surface area contributed by atoms with Crippen molar-refractivity contribution in [1.29, 1.82) is 0 Å². The molecule has 0 atom stereocenters. The van der Waals surface area contributed by atoms with Crippen LogP contribution < -0.4 is 5.32 Å². The van der Waals surface area contributed by atoms with Gasteiger partial charge in [-0.2, -0.15) is 0 Å². The van der Waals surface area contributed by atoms with Gasteiger partial charge in [0.25, 0.3) is 5.91 Å². The Morgan fingerprint density at radius 1 is 1.13 bits per heavy atom. The molecule has 0 heterocycles. The van der Waals surface area contributed by atoms with Crippen molar-refractivity contribution in [2.75, 3.05) is 17.7 Å². The topological polar surface area (TPSA) is 55.4 Å². The van der Waals surface area contributed by atoms with Gasteiger partial charge < -0.3 is 10.1 Å². The lowest BCUT2D eigenvalue weighted by Crippen LogP contribution is -2.21. The second-order valence-corrected chi connectivity index (χ2v) is 6.69. The maximum absolute atomic E-state index is 11.8. The third-order valence-electron chi connectivity index (χ3n) is 2.69. The number of ether oxygens (including phenoxy) is 1. The summed E-state index contributed by atoms with van der Waals surface area (Å²) in [6.07, 6.45) is 0. The van der Waals surface area contributed by atoms with Crippen molar-refractivity contribution in [3.05, 3.63) is 58.0 Å². The number of hydrogen-bond donors (Lipinski definition) is 1. The van der Waals surface area contributed by atoms with Crippen LogP contribution in [0.3, 0.4) is 0 Å². The maximum atomic E-state index is 11.8. The number of carbonyl (C=O) groups excluding carboxylic acids is 2. The highest BCUT2D eigenvalue weighted by molar-refractivity contribution is 9.10. The largest absolute Gasteiger partial charge is 0.455 e. The molecule has 0 saturated heterocycles. The van der Waals surface area contributed by atoms with Crippen molar-refractivity contribution in [3.8, 4) is 0 Å². The SMILES string of the molecule is O=C(COC(=O)CSc1ccccc1Cl)Nc1ccccc1Br. The van der Waals surface area contributed by atoms with Gasteiger partial charge in [0.05, 0.1) is 16.5 Å². The minimum absolute atomic E-state index is 0.0893. The Morgan fingerprint density at radius 2 is 1.83 bits per heavy atom. The van der Waals surface area contributed by atoms with Crippen LogP contribution in [0.25, 0.3) is 0 Å². The Bertz CT molecular complexity index is 711. The molecule has 23 heavy (non-hydrogen) atoms. The van der Waals surface area contributed by atoms with Gasteiger partial charge >= 0.3 is 5.97 Å². The van der Waals surface area contributed by atoms with Gasteiger partial charge in [0.1, 0.15) is 0 Å². The predicted octanol–water partition coefficient (Wildman–Crippen LogP) is 4.38. The lowest BCUT2D eigenvalue weighted by molar-refractivity contribution is -0.144. The normalized spacial score (nSPS) is 10.2. The van der Waals surface area contributed by atoms with Crippen LogP contribution in [0.1, 0.15) is 0 Å². The first kappa shape index (κ1) is 17.8. The number of esters is 1. The number of amides is 1. The first-order valence-corrected chi connectivity index (χ1v) is 8.79. The van der Waals surface area contributed by atoms with Gasteiger partial charge in [-0.25, -0.2) is 0 Å². The number of nitrogens with one attached hydrogen (secondary N) is 1. The number of halogens is 2. The molecule has 0 aromatic heterocycles. The first-order chi connectivity index (χ1) is 11.1. The molecule has 2 rings (SSSR count). The van der Waals surface area contributed by atoms with E-state index in [2.05, 4.69) is 21.2 Å². The molecule has 0 aliphatic heterocycles. The van der Waals surface area contributed by atoms with Crippen LogP contribution in [0.2, 0.25) is 5.02 Å². The molecule has 0 aliphatic carbocycles. The summed E-state index contributed by atoms with van der Waals surface area (Å²) in [5, 5.41) is 3.24. The number of anilines is 1. The summed E-state index contributed by atoms with van der Waals surface area (Å²) in [6, 6.07) is 14.4. The molecule has 0 spiro atoms. The lowest BCUT2D eigenvalue weighted by atomic mass is 10.3. The van der Waals surface area contributed by atoms with E-state index in [0.29, 0.717) is 10.7 Å². The molecular formula is C16H13BrClNO3S. The van der Waals surface area contributed by atoms with Gasteiger partial charge in [0, 0.05) is 9.37 Å². The Morgan fingerprint density at radius 3 is 2.57 bits per heavy atom. The molecule has 0 fully saturated rings. The summed E-state index contributed by atoms with van der Waals surface area (Å²) in [4.78, 5) is 24.2. The molecule has 0 bridgehead atoms.